The summed E-state index contributed by atoms with van der Waals surface area (Å²) in [5.74, 6) is 0.618. The molecule has 88 valence electrons. The first-order valence-electron chi connectivity index (χ1n) is 6.10. The van der Waals surface area contributed by atoms with Gasteiger partial charge in [0.05, 0.1) is 24.0 Å². The first-order valence-corrected chi connectivity index (χ1v) is 6.10. The number of hydrogen-bond donors (Lipinski definition) is 0. The molecule has 0 saturated heterocycles. The molecule has 0 unspecified atom stereocenters. The van der Waals surface area contributed by atoms with Gasteiger partial charge in [0, 0.05) is 0 Å². The second-order valence-corrected chi connectivity index (χ2v) is 4.51. The van der Waals surface area contributed by atoms with E-state index in [9.17, 15) is 0 Å². The van der Waals surface area contributed by atoms with Crippen molar-refractivity contribution in [3.05, 3.63) is 48.2 Å². The van der Waals surface area contributed by atoms with Gasteiger partial charge in [-0.1, -0.05) is 18.7 Å². The van der Waals surface area contributed by atoms with Crippen LogP contribution in [0.3, 0.4) is 0 Å². The van der Waals surface area contributed by atoms with Crippen molar-refractivity contribution in [3.8, 4) is 6.07 Å². The van der Waals surface area contributed by atoms with Gasteiger partial charge < -0.3 is 4.74 Å². The lowest BCUT2D eigenvalue weighted by molar-refractivity contribution is 0.100. The number of benzene rings is 1. The molecule has 0 radical (unpaired) electrons. The highest BCUT2D eigenvalue weighted by molar-refractivity contribution is 5.33. The summed E-state index contributed by atoms with van der Waals surface area (Å²) in [5.41, 5.74) is 2.08. The van der Waals surface area contributed by atoms with Crippen LogP contribution in [0.15, 0.2) is 37.1 Å². The largest absolute Gasteiger partial charge is 0.499 e. The summed E-state index contributed by atoms with van der Waals surface area (Å²) in [6, 6.07) is 10.1. The highest BCUT2D eigenvalue weighted by Gasteiger charge is 2.22. The summed E-state index contributed by atoms with van der Waals surface area (Å²) in [5, 5.41) is 8.76. The van der Waals surface area contributed by atoms with Crippen LogP contribution in [0, 0.1) is 11.3 Å². The van der Waals surface area contributed by atoms with Gasteiger partial charge in [0.2, 0.25) is 0 Å². The van der Waals surface area contributed by atoms with E-state index in [1.54, 1.807) is 6.26 Å². The standard InChI is InChI=1S/C15H17NO/c1-2-17-15-9-7-14(8-10-15)13-5-3-12(11-16)4-6-13/h2-6,14-15H,1,7-10H2/t14-,15-. The molecule has 0 N–H and O–H groups in total. The molecule has 1 aromatic rings. The fourth-order valence-corrected chi connectivity index (χ4v) is 2.50. The quantitative estimate of drug-likeness (QED) is 0.737. The first-order chi connectivity index (χ1) is 8.33. The van der Waals surface area contributed by atoms with E-state index in [1.165, 1.54) is 5.56 Å². The molecular weight excluding hydrogens is 210 g/mol. The van der Waals surface area contributed by atoms with Crippen LogP contribution in [-0.2, 0) is 4.74 Å². The number of rotatable bonds is 3. The molecule has 17 heavy (non-hydrogen) atoms. The topological polar surface area (TPSA) is 33.0 Å². The van der Waals surface area contributed by atoms with Crippen molar-refractivity contribution in [2.45, 2.75) is 37.7 Å². The van der Waals surface area contributed by atoms with Crippen molar-refractivity contribution in [2.75, 3.05) is 0 Å². The molecule has 0 bridgehead atoms. The van der Waals surface area contributed by atoms with Gasteiger partial charge in [0.15, 0.2) is 0 Å². The summed E-state index contributed by atoms with van der Waals surface area (Å²) in [4.78, 5) is 0. The van der Waals surface area contributed by atoms with Crippen LogP contribution < -0.4 is 0 Å². The molecule has 1 aliphatic rings. The Hall–Kier alpha value is -1.75. The highest BCUT2D eigenvalue weighted by atomic mass is 16.5. The van der Waals surface area contributed by atoms with Gasteiger partial charge in [0.25, 0.3) is 0 Å². The van der Waals surface area contributed by atoms with E-state index < -0.39 is 0 Å². The summed E-state index contributed by atoms with van der Waals surface area (Å²) >= 11 is 0. The lowest BCUT2D eigenvalue weighted by Gasteiger charge is -2.28. The fraction of sp³-hybridized carbons (Fsp3) is 0.400. The van der Waals surface area contributed by atoms with Gasteiger partial charge in [-0.2, -0.15) is 5.26 Å². The Labute approximate surface area is 103 Å². The lowest BCUT2D eigenvalue weighted by atomic mass is 9.82. The van der Waals surface area contributed by atoms with Gasteiger partial charge in [-0.15, -0.1) is 0 Å². The zero-order chi connectivity index (χ0) is 12.1. The molecule has 0 aliphatic heterocycles. The molecule has 0 amide bonds. The Balaban J connectivity index is 1.96. The molecule has 1 aromatic carbocycles. The summed E-state index contributed by atoms with van der Waals surface area (Å²) in [7, 11) is 0. The van der Waals surface area contributed by atoms with Gasteiger partial charge in [0.1, 0.15) is 0 Å². The smallest absolute Gasteiger partial charge is 0.0991 e. The van der Waals surface area contributed by atoms with Crippen molar-refractivity contribution in [1.29, 1.82) is 5.26 Å². The second-order valence-electron chi connectivity index (χ2n) is 4.51. The molecule has 1 saturated carbocycles. The van der Waals surface area contributed by atoms with Gasteiger partial charge >= 0.3 is 0 Å². The highest BCUT2D eigenvalue weighted by Crippen LogP contribution is 2.34. The third-order valence-corrected chi connectivity index (χ3v) is 3.47. The Kier molecular flexibility index (Phi) is 3.82. The van der Waals surface area contributed by atoms with Crippen LogP contribution in [0.5, 0.6) is 0 Å². The molecular formula is C15H17NO. The monoisotopic (exact) mass is 227 g/mol. The van der Waals surface area contributed by atoms with E-state index in [-0.39, 0.29) is 0 Å². The van der Waals surface area contributed by atoms with E-state index in [4.69, 9.17) is 10.00 Å². The Bertz CT molecular complexity index is 408. The maximum Gasteiger partial charge on any atom is 0.0991 e. The zero-order valence-electron chi connectivity index (χ0n) is 9.93. The van der Waals surface area contributed by atoms with E-state index in [2.05, 4.69) is 24.8 Å². The minimum absolute atomic E-state index is 0.349. The van der Waals surface area contributed by atoms with Crippen LogP contribution in [0.1, 0.15) is 42.7 Å². The normalized spacial score (nSPS) is 23.7. The summed E-state index contributed by atoms with van der Waals surface area (Å²) in [6.07, 6.45) is 6.40. The Morgan fingerprint density at radius 2 is 1.82 bits per heavy atom. The second kappa shape index (κ2) is 5.54. The molecule has 1 fully saturated rings. The number of nitriles is 1. The predicted octanol–water partition coefficient (Wildman–Crippen LogP) is 3.74. The molecule has 0 spiro atoms. The molecule has 0 atom stereocenters. The molecule has 0 heterocycles. The fourth-order valence-electron chi connectivity index (χ4n) is 2.50. The van der Waals surface area contributed by atoms with Gasteiger partial charge in [-0.25, -0.2) is 0 Å². The Morgan fingerprint density at radius 3 is 2.35 bits per heavy atom. The molecule has 1 aliphatic carbocycles. The summed E-state index contributed by atoms with van der Waals surface area (Å²) in [6.45, 7) is 3.60. The van der Waals surface area contributed by atoms with Crippen molar-refractivity contribution in [1.82, 2.24) is 0 Å². The van der Waals surface area contributed by atoms with Gasteiger partial charge in [-0.05, 0) is 49.3 Å². The van der Waals surface area contributed by atoms with Crippen molar-refractivity contribution >= 4 is 0 Å². The van der Waals surface area contributed by atoms with Crippen LogP contribution in [0.25, 0.3) is 0 Å². The maximum absolute atomic E-state index is 8.76. The molecule has 2 rings (SSSR count). The number of ether oxygens (including phenoxy) is 1. The van der Waals surface area contributed by atoms with Crippen LogP contribution in [0.2, 0.25) is 0 Å². The van der Waals surface area contributed by atoms with E-state index >= 15 is 0 Å². The molecule has 2 heteroatoms. The van der Waals surface area contributed by atoms with E-state index in [0.717, 1.165) is 31.2 Å². The third-order valence-electron chi connectivity index (χ3n) is 3.47. The Morgan fingerprint density at radius 1 is 1.18 bits per heavy atom. The lowest BCUT2D eigenvalue weighted by Crippen LogP contribution is -2.18. The van der Waals surface area contributed by atoms with Crippen LogP contribution in [-0.4, -0.2) is 6.10 Å². The number of hydrogen-bond acceptors (Lipinski definition) is 2. The van der Waals surface area contributed by atoms with Crippen molar-refractivity contribution in [3.63, 3.8) is 0 Å². The zero-order valence-corrected chi connectivity index (χ0v) is 9.93. The van der Waals surface area contributed by atoms with Crippen molar-refractivity contribution in [2.24, 2.45) is 0 Å². The summed E-state index contributed by atoms with van der Waals surface area (Å²) < 4.78 is 5.42. The number of nitrogens with zero attached hydrogens (tertiary/aromatic N) is 1. The average molecular weight is 227 g/mol. The minimum atomic E-state index is 0.349. The van der Waals surface area contributed by atoms with Crippen molar-refractivity contribution < 1.29 is 4.74 Å². The van der Waals surface area contributed by atoms with Crippen LogP contribution >= 0.6 is 0 Å². The predicted molar refractivity (Wildman–Crippen MR) is 67.4 cm³/mol. The average Bonchev–Trinajstić information content (AvgIpc) is 2.40. The molecule has 0 aromatic heterocycles. The van der Waals surface area contributed by atoms with E-state index in [1.807, 2.05) is 12.1 Å². The first kappa shape index (κ1) is 11.7. The maximum atomic E-state index is 8.76. The SMILES string of the molecule is C=CO[C@H]1CC[C@H](c2ccc(C#N)cc2)CC1. The minimum Gasteiger partial charge on any atom is -0.499 e. The van der Waals surface area contributed by atoms with Gasteiger partial charge in [-0.3, -0.25) is 0 Å². The molecule has 2 nitrogen and oxygen atoms in total. The third kappa shape index (κ3) is 2.88. The van der Waals surface area contributed by atoms with E-state index in [0.29, 0.717) is 12.0 Å². The van der Waals surface area contributed by atoms with Crippen LogP contribution in [0.4, 0.5) is 0 Å².